The first kappa shape index (κ1) is 17.2. The first-order valence-corrected chi connectivity index (χ1v) is 10.1. The van der Waals surface area contributed by atoms with Crippen molar-refractivity contribution < 1.29 is 0 Å². The van der Waals surface area contributed by atoms with Gasteiger partial charge in [0.15, 0.2) is 11.1 Å². The molecule has 0 amide bonds. The summed E-state index contributed by atoms with van der Waals surface area (Å²) in [4.78, 5) is 14.1. The topological polar surface area (TPSA) is 52.6 Å². The van der Waals surface area contributed by atoms with Gasteiger partial charge in [0.1, 0.15) is 0 Å². The lowest BCUT2D eigenvalue weighted by molar-refractivity contribution is 0.789. The molecule has 3 heterocycles. The van der Waals surface area contributed by atoms with Gasteiger partial charge in [-0.3, -0.25) is 4.99 Å². The van der Waals surface area contributed by atoms with Gasteiger partial charge in [0.2, 0.25) is 0 Å². The van der Waals surface area contributed by atoms with Crippen LogP contribution >= 0.6 is 22.7 Å². The van der Waals surface area contributed by atoms with Crippen molar-refractivity contribution in [3.63, 3.8) is 0 Å². The average molecular weight is 364 g/mol. The Morgan fingerprint density at radius 3 is 2.83 bits per heavy atom. The lowest BCUT2D eigenvalue weighted by Crippen LogP contribution is -2.37. The zero-order valence-corrected chi connectivity index (χ0v) is 16.0. The predicted octanol–water partition coefficient (Wildman–Crippen LogP) is 3.02. The Morgan fingerprint density at radius 2 is 2.12 bits per heavy atom. The SMILES string of the molecule is CN=C(NCCc1csc(N2CCCC2)n1)NCc1ccc(C)s1. The molecule has 5 nitrogen and oxygen atoms in total. The molecule has 1 aliphatic heterocycles. The second-order valence-corrected chi connectivity index (χ2v) is 8.14. The number of hydrogen-bond acceptors (Lipinski definition) is 5. The average Bonchev–Trinajstić information content (AvgIpc) is 3.32. The van der Waals surface area contributed by atoms with Gasteiger partial charge in [-0.1, -0.05) is 0 Å². The van der Waals surface area contributed by atoms with E-state index in [4.69, 9.17) is 4.98 Å². The van der Waals surface area contributed by atoms with Crippen molar-refractivity contribution in [3.05, 3.63) is 33.0 Å². The van der Waals surface area contributed by atoms with Gasteiger partial charge < -0.3 is 15.5 Å². The molecule has 1 saturated heterocycles. The summed E-state index contributed by atoms with van der Waals surface area (Å²) in [6.45, 7) is 6.10. The molecule has 0 spiro atoms. The molecule has 3 rings (SSSR count). The molecule has 2 N–H and O–H groups in total. The molecule has 0 unspecified atom stereocenters. The molecule has 1 aliphatic rings. The highest BCUT2D eigenvalue weighted by Crippen LogP contribution is 2.24. The minimum atomic E-state index is 0.813. The summed E-state index contributed by atoms with van der Waals surface area (Å²) in [5.41, 5.74) is 1.17. The van der Waals surface area contributed by atoms with Crippen LogP contribution in [-0.4, -0.2) is 37.6 Å². The molecule has 1 fully saturated rings. The molecular weight excluding hydrogens is 338 g/mol. The Balaban J connectivity index is 1.41. The third-order valence-corrected chi connectivity index (χ3v) is 5.99. The van der Waals surface area contributed by atoms with Gasteiger partial charge in [-0.15, -0.1) is 22.7 Å². The van der Waals surface area contributed by atoms with E-state index in [0.29, 0.717) is 0 Å². The fourth-order valence-electron chi connectivity index (χ4n) is 2.75. The lowest BCUT2D eigenvalue weighted by atomic mass is 10.3. The highest BCUT2D eigenvalue weighted by Gasteiger charge is 2.15. The molecule has 7 heteroatoms. The highest BCUT2D eigenvalue weighted by atomic mass is 32.1. The summed E-state index contributed by atoms with van der Waals surface area (Å²) in [6, 6.07) is 4.31. The van der Waals surface area contributed by atoms with Gasteiger partial charge in [-0.05, 0) is 31.9 Å². The maximum absolute atomic E-state index is 4.76. The summed E-state index contributed by atoms with van der Waals surface area (Å²) in [5.74, 6) is 0.844. The maximum atomic E-state index is 4.76. The van der Waals surface area contributed by atoms with Crippen molar-refractivity contribution in [2.75, 3.05) is 31.6 Å². The standard InChI is InChI=1S/C17H25N5S2/c1-13-5-6-15(24-13)11-20-16(18-2)19-8-7-14-12-23-17(21-14)22-9-3-4-10-22/h5-6,12H,3-4,7-11H2,1-2H3,(H2,18,19,20). The van der Waals surface area contributed by atoms with Crippen molar-refractivity contribution in [2.24, 2.45) is 4.99 Å². The van der Waals surface area contributed by atoms with Crippen LogP contribution in [-0.2, 0) is 13.0 Å². The van der Waals surface area contributed by atoms with Crippen LogP contribution < -0.4 is 15.5 Å². The summed E-state index contributed by atoms with van der Waals surface area (Å²) in [7, 11) is 1.81. The van der Waals surface area contributed by atoms with Crippen LogP contribution in [0.4, 0.5) is 5.13 Å². The number of thiazole rings is 1. The monoisotopic (exact) mass is 363 g/mol. The highest BCUT2D eigenvalue weighted by molar-refractivity contribution is 7.13. The third kappa shape index (κ3) is 4.70. The van der Waals surface area contributed by atoms with Gasteiger partial charge in [0, 0.05) is 48.2 Å². The molecule has 24 heavy (non-hydrogen) atoms. The lowest BCUT2D eigenvalue weighted by Gasteiger charge is -2.12. The number of rotatable bonds is 6. The molecule has 0 radical (unpaired) electrons. The number of nitrogens with zero attached hydrogens (tertiary/aromatic N) is 3. The van der Waals surface area contributed by atoms with Gasteiger partial charge in [0.05, 0.1) is 12.2 Å². The Kier molecular flexibility index (Phi) is 6.09. The molecular formula is C17H25N5S2. The predicted molar refractivity (Wildman–Crippen MR) is 105 cm³/mol. The Morgan fingerprint density at radius 1 is 1.29 bits per heavy atom. The van der Waals surface area contributed by atoms with Gasteiger partial charge >= 0.3 is 0 Å². The summed E-state index contributed by atoms with van der Waals surface area (Å²) in [6.07, 6.45) is 3.51. The molecule has 0 saturated carbocycles. The maximum Gasteiger partial charge on any atom is 0.191 e. The van der Waals surface area contributed by atoms with Crippen molar-refractivity contribution in [1.82, 2.24) is 15.6 Å². The van der Waals surface area contributed by atoms with Gasteiger partial charge in [-0.25, -0.2) is 4.98 Å². The Bertz CT molecular complexity index is 670. The van der Waals surface area contributed by atoms with Crippen LogP contribution in [0.15, 0.2) is 22.5 Å². The van der Waals surface area contributed by atoms with Crippen molar-refractivity contribution in [1.29, 1.82) is 0 Å². The van der Waals surface area contributed by atoms with Gasteiger partial charge in [0.25, 0.3) is 0 Å². The molecule has 0 aromatic carbocycles. The first-order valence-electron chi connectivity index (χ1n) is 8.44. The van der Waals surface area contributed by atoms with Crippen molar-refractivity contribution in [2.45, 2.75) is 32.7 Å². The third-order valence-electron chi connectivity index (χ3n) is 4.04. The summed E-state index contributed by atoms with van der Waals surface area (Å²) in [5, 5.41) is 10.1. The van der Waals surface area contributed by atoms with Crippen molar-refractivity contribution >= 4 is 33.8 Å². The van der Waals surface area contributed by atoms with E-state index in [2.05, 4.69) is 45.0 Å². The van der Waals surface area contributed by atoms with Crippen LogP contribution in [0.5, 0.6) is 0 Å². The normalized spacial score (nSPS) is 15.1. The van der Waals surface area contributed by atoms with Crippen LogP contribution in [0.1, 0.15) is 28.3 Å². The summed E-state index contributed by atoms with van der Waals surface area (Å²) >= 11 is 3.58. The number of aromatic nitrogens is 1. The second kappa shape index (κ2) is 8.48. The van der Waals surface area contributed by atoms with E-state index in [1.165, 1.54) is 33.4 Å². The van der Waals surface area contributed by atoms with E-state index in [1.807, 2.05) is 18.4 Å². The fourth-order valence-corrected chi connectivity index (χ4v) is 4.49. The number of thiophene rings is 1. The van der Waals surface area contributed by atoms with Crippen LogP contribution in [0, 0.1) is 6.92 Å². The van der Waals surface area contributed by atoms with Crippen LogP contribution in [0.3, 0.4) is 0 Å². The van der Waals surface area contributed by atoms with Gasteiger partial charge in [-0.2, -0.15) is 0 Å². The van der Waals surface area contributed by atoms with E-state index in [0.717, 1.165) is 38.6 Å². The Hall–Kier alpha value is -1.60. The number of aryl methyl sites for hydroxylation is 1. The minimum Gasteiger partial charge on any atom is -0.356 e. The van der Waals surface area contributed by atoms with Crippen molar-refractivity contribution in [3.8, 4) is 0 Å². The number of nitrogens with one attached hydrogen (secondary N) is 2. The minimum absolute atomic E-state index is 0.813. The quantitative estimate of drug-likeness (QED) is 0.612. The van der Waals surface area contributed by atoms with E-state index >= 15 is 0 Å². The van der Waals surface area contributed by atoms with Crippen LogP contribution in [0.25, 0.3) is 0 Å². The van der Waals surface area contributed by atoms with E-state index in [1.54, 1.807) is 11.3 Å². The second-order valence-electron chi connectivity index (χ2n) is 5.93. The number of anilines is 1. The first-order chi connectivity index (χ1) is 11.7. The molecule has 0 bridgehead atoms. The molecule has 2 aromatic heterocycles. The van der Waals surface area contributed by atoms with E-state index < -0.39 is 0 Å². The smallest absolute Gasteiger partial charge is 0.191 e. The molecule has 2 aromatic rings. The van der Waals surface area contributed by atoms with E-state index in [9.17, 15) is 0 Å². The number of hydrogen-bond donors (Lipinski definition) is 2. The zero-order chi connectivity index (χ0) is 16.8. The van der Waals surface area contributed by atoms with Crippen LogP contribution in [0.2, 0.25) is 0 Å². The molecule has 130 valence electrons. The molecule has 0 aliphatic carbocycles. The zero-order valence-electron chi connectivity index (χ0n) is 14.3. The fraction of sp³-hybridized carbons (Fsp3) is 0.529. The number of guanidine groups is 1. The summed E-state index contributed by atoms with van der Waals surface area (Å²) < 4.78 is 0. The molecule has 0 atom stereocenters. The Labute approximate surface area is 151 Å². The number of aliphatic imine (C=N–C) groups is 1. The van der Waals surface area contributed by atoms with E-state index in [-0.39, 0.29) is 0 Å². The largest absolute Gasteiger partial charge is 0.356 e.